The molecule has 2 unspecified atom stereocenters. The highest BCUT2D eigenvalue weighted by molar-refractivity contribution is 6.34. The van der Waals surface area contributed by atoms with Crippen LogP contribution in [-0.2, 0) is 0 Å². The summed E-state index contributed by atoms with van der Waals surface area (Å²) >= 11 is 12.8. The molecule has 7 nitrogen and oxygen atoms in total. The molecular formula is C25H26Cl2F2N4O3. The summed E-state index contributed by atoms with van der Waals surface area (Å²) in [6.07, 6.45) is -1.01. The summed E-state index contributed by atoms with van der Waals surface area (Å²) in [6, 6.07) is 4.90. The normalized spacial score (nSPS) is 18.6. The van der Waals surface area contributed by atoms with Crippen molar-refractivity contribution < 1.29 is 23.4 Å². The van der Waals surface area contributed by atoms with Crippen molar-refractivity contribution in [2.24, 2.45) is 5.41 Å². The molecule has 192 valence electrons. The lowest BCUT2D eigenvalue weighted by Crippen LogP contribution is -2.64. The molecule has 0 spiro atoms. The number of benzene rings is 2. The van der Waals surface area contributed by atoms with Gasteiger partial charge in [0.1, 0.15) is 22.9 Å². The fourth-order valence-electron chi connectivity index (χ4n) is 5.21. The molecular weight excluding hydrogens is 513 g/mol. The van der Waals surface area contributed by atoms with Crippen molar-refractivity contribution >= 4 is 46.0 Å². The lowest BCUT2D eigenvalue weighted by molar-refractivity contribution is 0.0562. The van der Waals surface area contributed by atoms with Gasteiger partial charge in [-0.2, -0.15) is 4.98 Å². The van der Waals surface area contributed by atoms with Gasteiger partial charge in [-0.25, -0.2) is 18.6 Å². The molecule has 36 heavy (non-hydrogen) atoms. The highest BCUT2D eigenvalue weighted by Gasteiger charge is 2.44. The zero-order valence-corrected chi connectivity index (χ0v) is 22.0. The van der Waals surface area contributed by atoms with Crippen LogP contribution < -0.4 is 9.64 Å². The minimum Gasteiger partial charge on any atom is -0.496 e. The van der Waals surface area contributed by atoms with E-state index in [1.54, 1.807) is 0 Å². The number of anilines is 1. The Kier molecular flexibility index (Phi) is 6.92. The van der Waals surface area contributed by atoms with Crippen LogP contribution >= 0.6 is 23.2 Å². The van der Waals surface area contributed by atoms with Crippen molar-refractivity contribution in [3.05, 3.63) is 46.2 Å². The van der Waals surface area contributed by atoms with Crippen molar-refractivity contribution in [2.75, 3.05) is 25.1 Å². The van der Waals surface area contributed by atoms with Crippen LogP contribution in [0.15, 0.2) is 24.3 Å². The van der Waals surface area contributed by atoms with Gasteiger partial charge in [-0.05, 0) is 42.1 Å². The molecule has 0 radical (unpaired) electrons. The van der Waals surface area contributed by atoms with Gasteiger partial charge in [0.05, 0.1) is 23.7 Å². The van der Waals surface area contributed by atoms with Gasteiger partial charge in [-0.15, -0.1) is 0 Å². The summed E-state index contributed by atoms with van der Waals surface area (Å²) < 4.78 is 36.1. The molecule has 1 saturated heterocycles. The number of rotatable bonds is 3. The summed E-state index contributed by atoms with van der Waals surface area (Å²) in [6.45, 7) is 8.29. The topological polar surface area (TPSA) is 78.8 Å². The summed E-state index contributed by atoms with van der Waals surface area (Å²) in [5.41, 5.74) is -0.858. The van der Waals surface area contributed by atoms with Crippen LogP contribution in [0, 0.1) is 17.0 Å². The van der Waals surface area contributed by atoms with Crippen molar-refractivity contribution in [3.63, 3.8) is 0 Å². The monoisotopic (exact) mass is 538 g/mol. The second-order valence-corrected chi connectivity index (χ2v) is 10.5. The van der Waals surface area contributed by atoms with Crippen molar-refractivity contribution in [3.8, 4) is 16.9 Å². The number of halogens is 4. The Morgan fingerprint density at radius 1 is 1.17 bits per heavy atom. The molecule has 2 heterocycles. The number of methoxy groups -OCH3 is 1. The smallest absolute Gasteiger partial charge is 0.407 e. The molecule has 4 rings (SSSR count). The molecule has 2 aromatic carbocycles. The maximum Gasteiger partial charge on any atom is 0.407 e. The molecule has 0 aliphatic carbocycles. The second kappa shape index (κ2) is 9.52. The lowest BCUT2D eigenvalue weighted by Gasteiger charge is -2.51. The van der Waals surface area contributed by atoms with E-state index in [0.29, 0.717) is 12.4 Å². The summed E-state index contributed by atoms with van der Waals surface area (Å²) in [5.74, 6) is -1.14. The number of aromatic nitrogens is 2. The summed E-state index contributed by atoms with van der Waals surface area (Å²) in [7, 11) is 1.35. The number of piperazine rings is 1. The summed E-state index contributed by atoms with van der Waals surface area (Å²) in [5, 5.41) is 9.81. The molecule has 1 aliphatic heterocycles. The SMILES string of the molecule is COc1cccc(F)c1-c1c(Cl)cc2c(N3CCN(C(=O)O)C(C(C)(C)C)C3C)nc(Cl)nc2c1F. The van der Waals surface area contributed by atoms with Crippen LogP contribution in [0.25, 0.3) is 22.0 Å². The van der Waals surface area contributed by atoms with Crippen LogP contribution in [0.3, 0.4) is 0 Å². The van der Waals surface area contributed by atoms with Crippen LogP contribution in [0.5, 0.6) is 5.75 Å². The molecule has 0 bridgehead atoms. The maximum absolute atomic E-state index is 16.0. The van der Waals surface area contributed by atoms with Gasteiger partial charge in [0.2, 0.25) is 5.28 Å². The first-order chi connectivity index (χ1) is 16.9. The number of fused-ring (bicyclic) bond motifs is 1. The van der Waals surface area contributed by atoms with Crippen LogP contribution in [0.2, 0.25) is 10.3 Å². The second-order valence-electron chi connectivity index (χ2n) is 9.80. The third kappa shape index (κ3) is 4.39. The van der Waals surface area contributed by atoms with E-state index in [1.807, 2.05) is 32.6 Å². The molecule has 3 aromatic rings. The number of nitrogens with zero attached hydrogens (tertiary/aromatic N) is 4. The third-order valence-electron chi connectivity index (χ3n) is 6.55. The zero-order valence-electron chi connectivity index (χ0n) is 20.4. The van der Waals surface area contributed by atoms with Gasteiger partial charge in [-0.3, -0.25) is 0 Å². The van der Waals surface area contributed by atoms with E-state index in [4.69, 9.17) is 27.9 Å². The van der Waals surface area contributed by atoms with Gasteiger partial charge in [0, 0.05) is 30.1 Å². The van der Waals surface area contributed by atoms with Gasteiger partial charge in [0.25, 0.3) is 0 Å². The van der Waals surface area contributed by atoms with Crippen molar-refractivity contribution in [2.45, 2.75) is 39.8 Å². The number of carboxylic acid groups (broad SMARTS) is 1. The van der Waals surface area contributed by atoms with Crippen LogP contribution in [0.4, 0.5) is 19.4 Å². The average Bonchev–Trinajstić information content (AvgIpc) is 2.79. The molecule has 0 saturated carbocycles. The molecule has 1 amide bonds. The maximum atomic E-state index is 16.0. The molecule has 11 heteroatoms. The van der Waals surface area contributed by atoms with Crippen LogP contribution in [0.1, 0.15) is 27.7 Å². The van der Waals surface area contributed by atoms with E-state index in [1.165, 1.54) is 36.3 Å². The van der Waals surface area contributed by atoms with Crippen molar-refractivity contribution in [1.82, 2.24) is 14.9 Å². The average molecular weight is 539 g/mol. The minimum atomic E-state index is -1.01. The summed E-state index contributed by atoms with van der Waals surface area (Å²) in [4.78, 5) is 23.8. The molecule has 1 aliphatic rings. The van der Waals surface area contributed by atoms with Gasteiger partial charge < -0.3 is 19.6 Å². The molecule has 2 atom stereocenters. The molecule has 1 N–H and O–H groups in total. The van der Waals surface area contributed by atoms with Gasteiger partial charge >= 0.3 is 6.09 Å². The zero-order chi connectivity index (χ0) is 26.5. The predicted molar refractivity (Wildman–Crippen MR) is 136 cm³/mol. The number of carbonyl (C=O) groups is 1. The number of amides is 1. The number of hydrogen-bond acceptors (Lipinski definition) is 5. The molecule has 1 aromatic heterocycles. The van der Waals surface area contributed by atoms with Crippen LogP contribution in [-0.4, -0.2) is 58.4 Å². The highest BCUT2D eigenvalue weighted by Crippen LogP contribution is 2.44. The fraction of sp³-hybridized carbons (Fsp3) is 0.400. The Bertz CT molecular complexity index is 1350. The quantitative estimate of drug-likeness (QED) is 0.383. The highest BCUT2D eigenvalue weighted by atomic mass is 35.5. The fourth-order valence-corrected chi connectivity index (χ4v) is 5.66. The van der Waals surface area contributed by atoms with E-state index >= 15 is 4.39 Å². The van der Waals surface area contributed by atoms with Gasteiger partial charge in [0.15, 0.2) is 5.82 Å². The Balaban J connectivity index is 1.93. The largest absolute Gasteiger partial charge is 0.496 e. The Labute approximate surface area is 217 Å². The first-order valence-corrected chi connectivity index (χ1v) is 12.1. The van der Waals surface area contributed by atoms with E-state index in [0.717, 1.165) is 0 Å². The Hall–Kier alpha value is -2.91. The predicted octanol–water partition coefficient (Wildman–Crippen LogP) is 6.49. The Morgan fingerprint density at radius 2 is 1.86 bits per heavy atom. The first kappa shape index (κ1) is 26.2. The lowest BCUT2D eigenvalue weighted by atomic mass is 9.80. The Morgan fingerprint density at radius 3 is 2.47 bits per heavy atom. The molecule has 1 fully saturated rings. The van der Waals surface area contributed by atoms with Gasteiger partial charge in [-0.1, -0.05) is 38.4 Å². The standard InChI is InChI=1S/C25H26Cl2F2N4O3/c1-12-21(25(2,3)4)33(24(34)35)10-9-32(12)22-13-11-14(26)17(19(29)20(13)30-23(27)31-22)18-15(28)7-6-8-16(18)36-5/h6-8,11-12,21H,9-10H2,1-5H3,(H,34,35). The van der Waals surface area contributed by atoms with E-state index < -0.39 is 29.2 Å². The van der Waals surface area contributed by atoms with E-state index in [-0.39, 0.29) is 50.7 Å². The third-order valence-corrected chi connectivity index (χ3v) is 7.02. The van der Waals surface area contributed by atoms with E-state index in [9.17, 15) is 14.3 Å². The first-order valence-electron chi connectivity index (χ1n) is 11.3. The minimum absolute atomic E-state index is 0.0558. The number of ether oxygens (including phenoxy) is 1. The number of hydrogen-bond donors (Lipinski definition) is 1. The van der Waals surface area contributed by atoms with Crippen molar-refractivity contribution in [1.29, 1.82) is 0 Å². The van der Waals surface area contributed by atoms with E-state index in [2.05, 4.69) is 9.97 Å².